The van der Waals surface area contributed by atoms with Gasteiger partial charge in [-0.15, -0.1) is 0 Å². The van der Waals surface area contributed by atoms with Crippen molar-refractivity contribution in [2.24, 2.45) is 0 Å². The second-order valence-electron chi connectivity index (χ2n) is 3.71. The standard InChI is InChI=1S/C12H20N2S/c1-2-3-4-5-6-7-8-9-11-10-14-12(13)15-11/h8-10H,2-7H2,1H3,(H2,13,14). The van der Waals surface area contributed by atoms with Crippen LogP contribution < -0.4 is 5.73 Å². The Hall–Kier alpha value is -0.830. The van der Waals surface area contributed by atoms with Crippen molar-refractivity contribution in [1.29, 1.82) is 0 Å². The van der Waals surface area contributed by atoms with Crippen molar-refractivity contribution in [3.8, 4) is 0 Å². The normalized spacial score (nSPS) is 11.3. The Morgan fingerprint density at radius 1 is 1.33 bits per heavy atom. The van der Waals surface area contributed by atoms with E-state index in [0.717, 1.165) is 4.88 Å². The van der Waals surface area contributed by atoms with Crippen LogP contribution in [-0.2, 0) is 0 Å². The van der Waals surface area contributed by atoms with E-state index in [1.165, 1.54) is 49.9 Å². The SMILES string of the molecule is CCCCCCCC=Cc1cnc(N)s1. The first-order chi connectivity index (χ1) is 7.33. The summed E-state index contributed by atoms with van der Waals surface area (Å²) in [5.41, 5.74) is 5.54. The lowest BCUT2D eigenvalue weighted by atomic mass is 10.1. The third-order valence-corrected chi connectivity index (χ3v) is 3.09. The second-order valence-corrected chi connectivity index (χ2v) is 4.80. The summed E-state index contributed by atoms with van der Waals surface area (Å²) in [4.78, 5) is 5.15. The quantitative estimate of drug-likeness (QED) is 0.708. The molecule has 1 rings (SSSR count). The first kappa shape index (κ1) is 12.2. The molecule has 0 amide bonds. The number of hydrogen-bond acceptors (Lipinski definition) is 3. The van der Waals surface area contributed by atoms with Crippen LogP contribution in [0.15, 0.2) is 12.3 Å². The van der Waals surface area contributed by atoms with Crippen molar-refractivity contribution >= 4 is 22.5 Å². The van der Waals surface area contributed by atoms with Crippen LogP contribution >= 0.6 is 11.3 Å². The van der Waals surface area contributed by atoms with Gasteiger partial charge in [-0.05, 0) is 18.9 Å². The van der Waals surface area contributed by atoms with Crippen molar-refractivity contribution in [2.75, 3.05) is 5.73 Å². The molecular formula is C12H20N2S. The molecule has 1 heterocycles. The summed E-state index contributed by atoms with van der Waals surface area (Å²) < 4.78 is 0. The summed E-state index contributed by atoms with van der Waals surface area (Å²) in [6.07, 6.45) is 14.0. The van der Waals surface area contributed by atoms with E-state index < -0.39 is 0 Å². The summed E-state index contributed by atoms with van der Waals surface area (Å²) in [6.45, 7) is 2.24. The number of nitrogens with two attached hydrogens (primary N) is 1. The molecular weight excluding hydrogens is 204 g/mol. The monoisotopic (exact) mass is 224 g/mol. The molecule has 0 bridgehead atoms. The van der Waals surface area contributed by atoms with Crippen molar-refractivity contribution in [3.05, 3.63) is 17.2 Å². The molecule has 0 radical (unpaired) electrons. The highest BCUT2D eigenvalue weighted by Gasteiger charge is 1.92. The van der Waals surface area contributed by atoms with Crippen LogP contribution in [-0.4, -0.2) is 4.98 Å². The Balaban J connectivity index is 2.07. The Morgan fingerprint density at radius 2 is 2.13 bits per heavy atom. The van der Waals surface area contributed by atoms with E-state index in [1.807, 2.05) is 6.20 Å². The summed E-state index contributed by atoms with van der Waals surface area (Å²) in [7, 11) is 0. The highest BCUT2D eigenvalue weighted by molar-refractivity contribution is 7.16. The highest BCUT2D eigenvalue weighted by atomic mass is 32.1. The van der Waals surface area contributed by atoms with E-state index in [9.17, 15) is 0 Å². The predicted molar refractivity (Wildman–Crippen MR) is 68.9 cm³/mol. The van der Waals surface area contributed by atoms with Gasteiger partial charge < -0.3 is 5.73 Å². The summed E-state index contributed by atoms with van der Waals surface area (Å²) in [6, 6.07) is 0. The number of rotatable bonds is 7. The Morgan fingerprint density at radius 3 is 2.80 bits per heavy atom. The molecule has 15 heavy (non-hydrogen) atoms. The maximum atomic E-state index is 5.54. The average molecular weight is 224 g/mol. The van der Waals surface area contributed by atoms with Crippen molar-refractivity contribution < 1.29 is 0 Å². The van der Waals surface area contributed by atoms with Gasteiger partial charge in [-0.3, -0.25) is 0 Å². The van der Waals surface area contributed by atoms with Gasteiger partial charge >= 0.3 is 0 Å². The van der Waals surface area contributed by atoms with Gasteiger partial charge in [0.2, 0.25) is 0 Å². The van der Waals surface area contributed by atoms with Crippen LogP contribution in [0.3, 0.4) is 0 Å². The van der Waals surface area contributed by atoms with E-state index in [1.54, 1.807) is 0 Å². The van der Waals surface area contributed by atoms with Gasteiger partial charge in [-0.25, -0.2) is 4.98 Å². The molecule has 0 saturated heterocycles. The van der Waals surface area contributed by atoms with Crippen LogP contribution in [0, 0.1) is 0 Å². The minimum atomic E-state index is 0.651. The number of allylic oxidation sites excluding steroid dienone is 1. The molecule has 0 unspecified atom stereocenters. The highest BCUT2D eigenvalue weighted by Crippen LogP contribution is 2.16. The van der Waals surface area contributed by atoms with Crippen molar-refractivity contribution in [1.82, 2.24) is 4.98 Å². The largest absolute Gasteiger partial charge is 0.375 e. The first-order valence-electron chi connectivity index (χ1n) is 5.70. The number of hydrogen-bond donors (Lipinski definition) is 1. The zero-order chi connectivity index (χ0) is 10.9. The van der Waals surface area contributed by atoms with Crippen molar-refractivity contribution in [2.45, 2.75) is 45.4 Å². The fraction of sp³-hybridized carbons (Fsp3) is 0.583. The molecule has 1 aromatic rings. The number of aromatic nitrogens is 1. The molecule has 3 heteroatoms. The molecule has 0 aromatic carbocycles. The number of unbranched alkanes of at least 4 members (excludes halogenated alkanes) is 5. The van der Waals surface area contributed by atoms with Crippen LogP contribution in [0.4, 0.5) is 5.13 Å². The molecule has 0 spiro atoms. The van der Waals surface area contributed by atoms with Gasteiger partial charge in [-0.2, -0.15) is 0 Å². The van der Waals surface area contributed by atoms with Gasteiger partial charge in [-0.1, -0.05) is 50.0 Å². The number of nitrogen functional groups attached to an aromatic ring is 1. The number of thiazole rings is 1. The molecule has 0 atom stereocenters. The molecule has 0 aliphatic heterocycles. The predicted octanol–water partition coefficient (Wildman–Crippen LogP) is 4.10. The van der Waals surface area contributed by atoms with Crippen LogP contribution in [0.2, 0.25) is 0 Å². The smallest absolute Gasteiger partial charge is 0.180 e. The van der Waals surface area contributed by atoms with Crippen LogP contribution in [0.5, 0.6) is 0 Å². The third kappa shape index (κ3) is 5.57. The molecule has 84 valence electrons. The van der Waals surface area contributed by atoms with Gasteiger partial charge in [0.25, 0.3) is 0 Å². The topological polar surface area (TPSA) is 38.9 Å². The summed E-state index contributed by atoms with van der Waals surface area (Å²) >= 11 is 1.54. The van der Waals surface area contributed by atoms with Gasteiger partial charge in [0, 0.05) is 11.1 Å². The minimum Gasteiger partial charge on any atom is -0.375 e. The maximum absolute atomic E-state index is 5.54. The van der Waals surface area contributed by atoms with Crippen molar-refractivity contribution in [3.63, 3.8) is 0 Å². The lowest BCUT2D eigenvalue weighted by Crippen LogP contribution is -1.77. The zero-order valence-corrected chi connectivity index (χ0v) is 10.2. The van der Waals surface area contributed by atoms with Gasteiger partial charge in [0.05, 0.1) is 0 Å². The zero-order valence-electron chi connectivity index (χ0n) is 9.41. The number of anilines is 1. The molecule has 0 saturated carbocycles. The second kappa shape index (κ2) is 7.46. The van der Waals surface area contributed by atoms with Gasteiger partial charge in [0.1, 0.15) is 0 Å². The van der Waals surface area contributed by atoms with E-state index in [-0.39, 0.29) is 0 Å². The lowest BCUT2D eigenvalue weighted by Gasteiger charge is -1.95. The van der Waals surface area contributed by atoms with Crippen LogP contribution in [0.1, 0.15) is 50.3 Å². The first-order valence-corrected chi connectivity index (χ1v) is 6.52. The molecule has 1 aromatic heterocycles. The number of nitrogens with zero attached hydrogens (tertiary/aromatic N) is 1. The molecule has 0 aliphatic carbocycles. The molecule has 2 N–H and O–H groups in total. The Bertz CT molecular complexity index is 292. The molecule has 2 nitrogen and oxygen atoms in total. The fourth-order valence-corrected chi connectivity index (χ4v) is 2.06. The summed E-state index contributed by atoms with van der Waals surface area (Å²) in [5, 5.41) is 0.651. The summed E-state index contributed by atoms with van der Waals surface area (Å²) in [5.74, 6) is 0. The van der Waals surface area contributed by atoms with Gasteiger partial charge in [0.15, 0.2) is 5.13 Å². The van der Waals surface area contributed by atoms with Crippen LogP contribution in [0.25, 0.3) is 6.08 Å². The average Bonchev–Trinajstić information content (AvgIpc) is 2.63. The van der Waals surface area contributed by atoms with E-state index in [0.29, 0.717) is 5.13 Å². The lowest BCUT2D eigenvalue weighted by molar-refractivity contribution is 0.638. The van der Waals surface area contributed by atoms with E-state index >= 15 is 0 Å². The molecule has 0 aliphatic rings. The maximum Gasteiger partial charge on any atom is 0.180 e. The Labute approximate surface area is 96.2 Å². The van der Waals surface area contributed by atoms with E-state index in [2.05, 4.69) is 24.1 Å². The third-order valence-electron chi connectivity index (χ3n) is 2.30. The van der Waals surface area contributed by atoms with E-state index in [4.69, 9.17) is 5.73 Å². The Kier molecular flexibility index (Phi) is 6.09. The minimum absolute atomic E-state index is 0.651. The fourth-order valence-electron chi connectivity index (χ4n) is 1.44. The molecule has 0 fully saturated rings.